The number of carbonyl (C=O) groups excluding carboxylic acids is 1. The zero-order valence-corrected chi connectivity index (χ0v) is 8.88. The van der Waals surface area contributed by atoms with Gasteiger partial charge >= 0.3 is 5.97 Å². The largest absolute Gasteiger partial charge is 0.465 e. The fourth-order valence-corrected chi connectivity index (χ4v) is 1.42. The van der Waals surface area contributed by atoms with Crippen molar-refractivity contribution in [3.8, 4) is 0 Å². The second-order valence-electron chi connectivity index (χ2n) is 2.51. The number of rotatable bonds is 1. The number of aromatic nitrogens is 1. The van der Waals surface area contributed by atoms with Crippen molar-refractivity contribution in [2.45, 2.75) is 6.92 Å². The number of pyridine rings is 1. The highest BCUT2D eigenvalue weighted by atomic mass is 79.9. The van der Waals surface area contributed by atoms with Crippen LogP contribution in [0, 0.1) is 6.92 Å². The molecule has 70 valence electrons. The number of hydrogen-bond donors (Lipinski definition) is 1. The molecule has 0 amide bonds. The van der Waals surface area contributed by atoms with E-state index in [1.165, 1.54) is 7.11 Å². The molecule has 5 heteroatoms. The number of anilines is 1. The molecule has 0 saturated heterocycles. The average Bonchev–Trinajstić information content (AvgIpc) is 2.10. The van der Waals surface area contributed by atoms with Gasteiger partial charge in [0.15, 0.2) is 0 Å². The second-order valence-corrected chi connectivity index (χ2v) is 3.26. The van der Waals surface area contributed by atoms with Crippen molar-refractivity contribution in [1.82, 2.24) is 4.98 Å². The summed E-state index contributed by atoms with van der Waals surface area (Å²) in [6, 6.07) is 1.59. The Morgan fingerprint density at radius 2 is 2.31 bits per heavy atom. The summed E-state index contributed by atoms with van der Waals surface area (Å²) in [4.78, 5) is 15.2. The van der Waals surface area contributed by atoms with Crippen LogP contribution in [0.3, 0.4) is 0 Å². The van der Waals surface area contributed by atoms with Gasteiger partial charge in [-0.2, -0.15) is 0 Å². The number of aryl methyl sites for hydroxylation is 1. The molecule has 4 nitrogen and oxygen atoms in total. The van der Waals surface area contributed by atoms with E-state index in [9.17, 15) is 4.79 Å². The van der Waals surface area contributed by atoms with Crippen LogP contribution >= 0.6 is 15.9 Å². The standard InChI is InChI=1S/C8H9BrN2O2/c1-4-3-5(8(12)13-2)6(10)7(9)11-4/h3H,10H2,1-2H3. The number of halogens is 1. The van der Waals surface area contributed by atoms with Crippen LogP contribution in [-0.4, -0.2) is 18.1 Å². The molecule has 0 unspecified atom stereocenters. The van der Waals surface area contributed by atoms with E-state index < -0.39 is 5.97 Å². The summed E-state index contributed by atoms with van der Waals surface area (Å²) in [5, 5.41) is 0. The van der Waals surface area contributed by atoms with Crippen molar-refractivity contribution in [3.05, 3.63) is 21.9 Å². The molecular formula is C8H9BrN2O2. The molecule has 0 bridgehead atoms. The van der Waals surface area contributed by atoms with Gasteiger partial charge in [-0.25, -0.2) is 9.78 Å². The summed E-state index contributed by atoms with van der Waals surface area (Å²) in [7, 11) is 1.31. The van der Waals surface area contributed by atoms with E-state index in [1.54, 1.807) is 13.0 Å². The zero-order valence-electron chi connectivity index (χ0n) is 7.30. The highest BCUT2D eigenvalue weighted by Gasteiger charge is 2.13. The maximum Gasteiger partial charge on any atom is 0.340 e. The smallest absolute Gasteiger partial charge is 0.340 e. The number of hydrogen-bond acceptors (Lipinski definition) is 4. The van der Waals surface area contributed by atoms with Crippen LogP contribution in [0.4, 0.5) is 5.69 Å². The van der Waals surface area contributed by atoms with Gasteiger partial charge in [0, 0.05) is 5.69 Å². The quantitative estimate of drug-likeness (QED) is 0.601. The van der Waals surface area contributed by atoms with E-state index in [4.69, 9.17) is 5.73 Å². The Bertz CT molecular complexity index is 352. The fourth-order valence-electron chi connectivity index (χ4n) is 0.924. The number of nitrogens with two attached hydrogens (primary N) is 1. The van der Waals surface area contributed by atoms with E-state index in [-0.39, 0.29) is 0 Å². The highest BCUT2D eigenvalue weighted by molar-refractivity contribution is 9.10. The number of nitrogen functional groups attached to an aromatic ring is 1. The minimum atomic E-state index is -0.455. The topological polar surface area (TPSA) is 65.2 Å². The van der Waals surface area contributed by atoms with Gasteiger partial charge in [0.2, 0.25) is 0 Å². The van der Waals surface area contributed by atoms with E-state index in [1.807, 2.05) is 0 Å². The predicted octanol–water partition coefficient (Wildman–Crippen LogP) is 1.52. The Balaban J connectivity index is 3.28. The minimum absolute atomic E-state index is 0.303. The maximum atomic E-state index is 11.2. The van der Waals surface area contributed by atoms with Gasteiger partial charge < -0.3 is 10.5 Å². The van der Waals surface area contributed by atoms with Crippen LogP contribution in [-0.2, 0) is 4.74 Å². The molecule has 0 aliphatic heterocycles. The number of methoxy groups -OCH3 is 1. The second kappa shape index (κ2) is 3.74. The summed E-state index contributed by atoms with van der Waals surface area (Å²) < 4.78 is 5.03. The van der Waals surface area contributed by atoms with Crippen molar-refractivity contribution in [3.63, 3.8) is 0 Å². The fraction of sp³-hybridized carbons (Fsp3) is 0.250. The minimum Gasteiger partial charge on any atom is -0.465 e. The number of nitrogens with zero attached hydrogens (tertiary/aromatic N) is 1. The van der Waals surface area contributed by atoms with E-state index in [2.05, 4.69) is 25.7 Å². The third kappa shape index (κ3) is 1.98. The van der Waals surface area contributed by atoms with Gasteiger partial charge in [0.1, 0.15) is 4.60 Å². The molecule has 0 atom stereocenters. The zero-order chi connectivity index (χ0) is 10.0. The molecule has 1 aromatic heterocycles. The highest BCUT2D eigenvalue weighted by Crippen LogP contribution is 2.22. The molecule has 0 saturated carbocycles. The van der Waals surface area contributed by atoms with E-state index in [0.29, 0.717) is 21.5 Å². The van der Waals surface area contributed by atoms with Gasteiger partial charge in [-0.15, -0.1) is 0 Å². The third-order valence-electron chi connectivity index (χ3n) is 1.55. The van der Waals surface area contributed by atoms with Crippen molar-refractivity contribution < 1.29 is 9.53 Å². The van der Waals surface area contributed by atoms with Gasteiger partial charge in [-0.1, -0.05) is 0 Å². The molecule has 13 heavy (non-hydrogen) atoms. The Labute approximate surface area is 84.2 Å². The van der Waals surface area contributed by atoms with Gasteiger partial charge in [0.05, 0.1) is 18.4 Å². The summed E-state index contributed by atoms with van der Waals surface area (Å²) in [6.45, 7) is 1.77. The summed E-state index contributed by atoms with van der Waals surface area (Å²) in [5.74, 6) is -0.455. The molecule has 0 aromatic carbocycles. The summed E-state index contributed by atoms with van der Waals surface area (Å²) >= 11 is 3.15. The molecule has 1 rings (SSSR count). The number of carbonyl (C=O) groups is 1. The number of ether oxygens (including phenoxy) is 1. The van der Waals surface area contributed by atoms with Crippen LogP contribution in [0.1, 0.15) is 16.1 Å². The normalized spacial score (nSPS) is 9.77. The predicted molar refractivity (Wildman–Crippen MR) is 52.4 cm³/mol. The molecule has 0 fully saturated rings. The first-order chi connectivity index (χ1) is 6.06. The lowest BCUT2D eigenvalue weighted by Gasteiger charge is -2.05. The number of esters is 1. The summed E-state index contributed by atoms with van der Waals surface area (Å²) in [6.07, 6.45) is 0. The lowest BCUT2D eigenvalue weighted by molar-refractivity contribution is 0.0601. The van der Waals surface area contributed by atoms with Crippen LogP contribution in [0.25, 0.3) is 0 Å². The van der Waals surface area contributed by atoms with Crippen molar-refractivity contribution in [1.29, 1.82) is 0 Å². The van der Waals surface area contributed by atoms with Crippen LogP contribution in [0.15, 0.2) is 10.7 Å². The molecule has 0 aliphatic rings. The van der Waals surface area contributed by atoms with E-state index in [0.717, 1.165) is 0 Å². The third-order valence-corrected chi connectivity index (χ3v) is 2.15. The first kappa shape index (κ1) is 9.98. The molecule has 1 heterocycles. The molecule has 0 spiro atoms. The molecule has 1 aromatic rings. The van der Waals surface area contributed by atoms with Gasteiger partial charge in [-0.3, -0.25) is 0 Å². The molecule has 0 aliphatic carbocycles. The first-order valence-electron chi connectivity index (χ1n) is 3.57. The summed E-state index contributed by atoms with van der Waals surface area (Å²) in [5.41, 5.74) is 6.97. The Morgan fingerprint density at radius 3 is 2.85 bits per heavy atom. The van der Waals surface area contributed by atoms with Crippen LogP contribution in [0.2, 0.25) is 0 Å². The lowest BCUT2D eigenvalue weighted by atomic mass is 10.2. The van der Waals surface area contributed by atoms with Gasteiger partial charge in [0.25, 0.3) is 0 Å². The Kier molecular flexibility index (Phi) is 2.87. The SMILES string of the molecule is COC(=O)c1cc(C)nc(Br)c1N. The van der Waals surface area contributed by atoms with Gasteiger partial charge in [-0.05, 0) is 28.9 Å². The Morgan fingerprint density at radius 1 is 1.69 bits per heavy atom. The van der Waals surface area contributed by atoms with Crippen LogP contribution in [0.5, 0.6) is 0 Å². The van der Waals surface area contributed by atoms with E-state index >= 15 is 0 Å². The van der Waals surface area contributed by atoms with Crippen LogP contribution < -0.4 is 5.73 Å². The average molecular weight is 245 g/mol. The maximum absolute atomic E-state index is 11.2. The first-order valence-corrected chi connectivity index (χ1v) is 4.36. The Hall–Kier alpha value is -1.10. The molecule has 0 radical (unpaired) electrons. The molecular weight excluding hydrogens is 236 g/mol. The monoisotopic (exact) mass is 244 g/mol. The van der Waals surface area contributed by atoms with Crippen molar-refractivity contribution in [2.75, 3.05) is 12.8 Å². The van der Waals surface area contributed by atoms with Crippen molar-refractivity contribution >= 4 is 27.6 Å². The molecule has 2 N–H and O–H groups in total. The van der Waals surface area contributed by atoms with Crippen molar-refractivity contribution in [2.24, 2.45) is 0 Å². The lowest BCUT2D eigenvalue weighted by Crippen LogP contribution is -2.07.